The second-order valence-electron chi connectivity index (χ2n) is 5.71. The zero-order valence-corrected chi connectivity index (χ0v) is 11.1. The molecule has 2 aliphatic rings. The Morgan fingerprint density at radius 2 is 1.94 bits per heavy atom. The quantitative estimate of drug-likeness (QED) is 0.817. The molecule has 98 valence electrons. The summed E-state index contributed by atoms with van der Waals surface area (Å²) in [5.74, 6) is 1.03. The van der Waals surface area contributed by atoms with Crippen LogP contribution in [-0.4, -0.2) is 37.0 Å². The van der Waals surface area contributed by atoms with Gasteiger partial charge in [-0.25, -0.2) is 0 Å². The van der Waals surface area contributed by atoms with E-state index in [0.29, 0.717) is 17.9 Å². The maximum absolute atomic E-state index is 12.2. The minimum atomic E-state index is 0.366. The molecule has 0 spiro atoms. The molecule has 0 aromatic rings. The molecule has 0 aromatic heterocycles. The SMILES string of the molecule is CN(C(=O)CC1CCCCC1)[C@H]1CCCNC1. The third-order valence-corrected chi connectivity index (χ3v) is 4.40. The Balaban J connectivity index is 1.77. The number of carbonyl (C=O) groups is 1. The number of hydrogen-bond donors (Lipinski definition) is 1. The van der Waals surface area contributed by atoms with Gasteiger partial charge < -0.3 is 10.2 Å². The fraction of sp³-hybridized carbons (Fsp3) is 0.929. The molecule has 1 saturated heterocycles. The fourth-order valence-electron chi connectivity index (χ4n) is 3.15. The molecule has 0 bridgehead atoms. The van der Waals surface area contributed by atoms with Gasteiger partial charge in [0.2, 0.25) is 5.91 Å². The van der Waals surface area contributed by atoms with Crippen molar-refractivity contribution in [3.63, 3.8) is 0 Å². The van der Waals surface area contributed by atoms with Gasteiger partial charge in [-0.05, 0) is 38.1 Å². The second-order valence-corrected chi connectivity index (χ2v) is 5.71. The lowest BCUT2D eigenvalue weighted by Gasteiger charge is -2.33. The number of piperidine rings is 1. The Labute approximate surface area is 105 Å². The van der Waals surface area contributed by atoms with Crippen molar-refractivity contribution in [3.05, 3.63) is 0 Å². The average Bonchev–Trinajstić information content (AvgIpc) is 2.40. The number of carbonyl (C=O) groups excluding carboxylic acids is 1. The van der Waals surface area contributed by atoms with E-state index in [1.807, 2.05) is 11.9 Å². The predicted octanol–water partition coefficient (Wildman–Crippen LogP) is 2.17. The highest BCUT2D eigenvalue weighted by Crippen LogP contribution is 2.27. The molecule has 0 radical (unpaired) electrons. The van der Waals surface area contributed by atoms with Crippen LogP contribution < -0.4 is 5.32 Å². The van der Waals surface area contributed by atoms with Crippen LogP contribution in [0.3, 0.4) is 0 Å². The summed E-state index contributed by atoms with van der Waals surface area (Å²) in [4.78, 5) is 14.2. The van der Waals surface area contributed by atoms with Gasteiger partial charge in [0, 0.05) is 26.1 Å². The van der Waals surface area contributed by atoms with Crippen molar-refractivity contribution in [2.45, 2.75) is 57.4 Å². The summed E-state index contributed by atoms with van der Waals surface area (Å²) in [5.41, 5.74) is 0. The van der Waals surface area contributed by atoms with Crippen LogP contribution in [0.5, 0.6) is 0 Å². The second kappa shape index (κ2) is 6.39. The highest BCUT2D eigenvalue weighted by Gasteiger charge is 2.24. The number of nitrogens with one attached hydrogen (secondary N) is 1. The van der Waals surface area contributed by atoms with E-state index in [2.05, 4.69) is 5.32 Å². The van der Waals surface area contributed by atoms with Crippen molar-refractivity contribution in [3.8, 4) is 0 Å². The summed E-state index contributed by atoms with van der Waals surface area (Å²) in [5, 5.41) is 3.38. The van der Waals surface area contributed by atoms with Crippen molar-refractivity contribution in [1.82, 2.24) is 10.2 Å². The van der Waals surface area contributed by atoms with Gasteiger partial charge in [-0.1, -0.05) is 19.3 Å². The van der Waals surface area contributed by atoms with E-state index in [-0.39, 0.29) is 0 Å². The maximum atomic E-state index is 12.2. The molecular formula is C14H26N2O. The number of amides is 1. The Morgan fingerprint density at radius 1 is 1.18 bits per heavy atom. The molecule has 0 unspecified atom stereocenters. The Kier molecular flexibility index (Phi) is 4.84. The zero-order chi connectivity index (χ0) is 12.1. The van der Waals surface area contributed by atoms with Crippen LogP contribution in [0.25, 0.3) is 0 Å². The molecule has 3 nitrogen and oxygen atoms in total. The largest absolute Gasteiger partial charge is 0.341 e. The highest BCUT2D eigenvalue weighted by molar-refractivity contribution is 5.76. The molecular weight excluding hydrogens is 212 g/mol. The van der Waals surface area contributed by atoms with Gasteiger partial charge in [-0.3, -0.25) is 4.79 Å². The van der Waals surface area contributed by atoms with Crippen LogP contribution in [0.2, 0.25) is 0 Å². The minimum Gasteiger partial charge on any atom is -0.341 e. The van der Waals surface area contributed by atoms with Crippen LogP contribution in [0, 0.1) is 5.92 Å². The summed E-state index contributed by atoms with van der Waals surface area (Å²) >= 11 is 0. The number of rotatable bonds is 3. The zero-order valence-electron chi connectivity index (χ0n) is 11.1. The van der Waals surface area contributed by atoms with Crippen molar-refractivity contribution < 1.29 is 4.79 Å². The van der Waals surface area contributed by atoms with E-state index in [9.17, 15) is 4.79 Å². The van der Waals surface area contributed by atoms with Gasteiger partial charge in [0.1, 0.15) is 0 Å². The summed E-state index contributed by atoms with van der Waals surface area (Å²) in [6.45, 7) is 2.09. The molecule has 1 heterocycles. The van der Waals surface area contributed by atoms with Gasteiger partial charge in [0.15, 0.2) is 0 Å². The van der Waals surface area contributed by atoms with Crippen molar-refractivity contribution in [2.24, 2.45) is 5.92 Å². The third-order valence-electron chi connectivity index (χ3n) is 4.40. The predicted molar refractivity (Wildman–Crippen MR) is 69.9 cm³/mol. The maximum Gasteiger partial charge on any atom is 0.222 e. The lowest BCUT2D eigenvalue weighted by molar-refractivity contribution is -0.133. The first-order chi connectivity index (χ1) is 8.27. The third kappa shape index (κ3) is 3.70. The lowest BCUT2D eigenvalue weighted by atomic mass is 9.86. The molecule has 2 rings (SSSR count). The van der Waals surface area contributed by atoms with Gasteiger partial charge in [-0.15, -0.1) is 0 Å². The van der Waals surface area contributed by atoms with Crippen LogP contribution in [0.4, 0.5) is 0 Å². The number of nitrogens with zero attached hydrogens (tertiary/aromatic N) is 1. The summed E-state index contributed by atoms with van der Waals surface area (Å²) in [6, 6.07) is 0.430. The minimum absolute atomic E-state index is 0.366. The molecule has 2 fully saturated rings. The fourth-order valence-corrected chi connectivity index (χ4v) is 3.15. The normalized spacial score (nSPS) is 26.8. The smallest absolute Gasteiger partial charge is 0.222 e. The van der Waals surface area contributed by atoms with E-state index in [1.54, 1.807) is 0 Å². The summed E-state index contributed by atoms with van der Waals surface area (Å²) in [6.07, 6.45) is 9.70. The molecule has 1 atom stereocenters. The van der Waals surface area contributed by atoms with Gasteiger partial charge >= 0.3 is 0 Å². The molecule has 0 aromatic carbocycles. The van der Waals surface area contributed by atoms with Crippen molar-refractivity contribution in [1.29, 1.82) is 0 Å². The Morgan fingerprint density at radius 3 is 2.59 bits per heavy atom. The average molecular weight is 238 g/mol. The topological polar surface area (TPSA) is 32.3 Å². The Hall–Kier alpha value is -0.570. The van der Waals surface area contributed by atoms with Crippen LogP contribution in [0.1, 0.15) is 51.4 Å². The molecule has 1 amide bonds. The van der Waals surface area contributed by atoms with Gasteiger partial charge in [-0.2, -0.15) is 0 Å². The first kappa shape index (κ1) is 12.9. The number of likely N-dealkylation sites (N-methyl/N-ethyl adjacent to an activating group) is 1. The highest BCUT2D eigenvalue weighted by atomic mass is 16.2. The van der Waals surface area contributed by atoms with E-state index in [0.717, 1.165) is 19.5 Å². The van der Waals surface area contributed by atoms with Crippen molar-refractivity contribution in [2.75, 3.05) is 20.1 Å². The standard InChI is InChI=1S/C14H26N2O/c1-16(13-8-5-9-15-11-13)14(17)10-12-6-3-2-4-7-12/h12-13,15H,2-11H2,1H3/t13-/m0/s1. The molecule has 3 heteroatoms. The Bertz CT molecular complexity index is 243. The molecule has 1 saturated carbocycles. The number of hydrogen-bond acceptors (Lipinski definition) is 2. The first-order valence-electron chi connectivity index (χ1n) is 7.24. The first-order valence-corrected chi connectivity index (χ1v) is 7.24. The van der Waals surface area contributed by atoms with Crippen LogP contribution in [0.15, 0.2) is 0 Å². The van der Waals surface area contributed by atoms with E-state index in [1.165, 1.54) is 44.9 Å². The summed E-state index contributed by atoms with van der Waals surface area (Å²) in [7, 11) is 1.99. The molecule has 1 N–H and O–H groups in total. The van der Waals surface area contributed by atoms with E-state index < -0.39 is 0 Å². The van der Waals surface area contributed by atoms with E-state index >= 15 is 0 Å². The molecule has 1 aliphatic heterocycles. The molecule has 1 aliphatic carbocycles. The van der Waals surface area contributed by atoms with E-state index in [4.69, 9.17) is 0 Å². The summed E-state index contributed by atoms with van der Waals surface area (Å²) < 4.78 is 0. The monoisotopic (exact) mass is 238 g/mol. The van der Waals surface area contributed by atoms with Gasteiger partial charge in [0.25, 0.3) is 0 Å². The van der Waals surface area contributed by atoms with Crippen molar-refractivity contribution >= 4 is 5.91 Å². The van der Waals surface area contributed by atoms with Gasteiger partial charge in [0.05, 0.1) is 0 Å². The van der Waals surface area contributed by atoms with Crippen LogP contribution in [-0.2, 0) is 4.79 Å². The lowest BCUT2D eigenvalue weighted by Crippen LogP contribution is -2.47. The van der Waals surface area contributed by atoms with Crippen LogP contribution >= 0.6 is 0 Å². The molecule has 17 heavy (non-hydrogen) atoms.